The number of halogens is 2. The molecule has 3 heteroatoms. The van der Waals surface area contributed by atoms with Gasteiger partial charge in [0.2, 0.25) is 0 Å². The summed E-state index contributed by atoms with van der Waals surface area (Å²) in [7, 11) is 0. The van der Waals surface area contributed by atoms with Crippen molar-refractivity contribution in [2.75, 3.05) is 0 Å². The summed E-state index contributed by atoms with van der Waals surface area (Å²) in [5.41, 5.74) is 1.10. The predicted molar refractivity (Wildman–Crippen MR) is 72.2 cm³/mol. The van der Waals surface area contributed by atoms with Crippen molar-refractivity contribution in [3.05, 3.63) is 33.8 Å². The minimum atomic E-state index is 0.534. The fourth-order valence-electron chi connectivity index (χ4n) is 1.76. The van der Waals surface area contributed by atoms with Crippen LogP contribution in [0.3, 0.4) is 0 Å². The van der Waals surface area contributed by atoms with Gasteiger partial charge in [-0.25, -0.2) is 0 Å². The van der Waals surface area contributed by atoms with Crippen molar-refractivity contribution >= 4 is 23.2 Å². The normalized spacial score (nSPS) is 13.1. The topological polar surface area (TPSA) is 12.0 Å². The summed E-state index contributed by atoms with van der Waals surface area (Å²) in [6.07, 6.45) is 1.13. The van der Waals surface area contributed by atoms with Gasteiger partial charge in [-0.05, 0) is 30.0 Å². The zero-order chi connectivity index (χ0) is 12.1. The average molecular weight is 260 g/mol. The second-order valence-electron chi connectivity index (χ2n) is 4.38. The van der Waals surface area contributed by atoms with Crippen LogP contribution in [0.1, 0.15) is 32.8 Å². The quantitative estimate of drug-likeness (QED) is 0.820. The third kappa shape index (κ3) is 3.97. The Labute approximate surface area is 108 Å². The highest BCUT2D eigenvalue weighted by atomic mass is 35.5. The summed E-state index contributed by atoms with van der Waals surface area (Å²) in [6, 6.07) is 6.17. The Kier molecular flexibility index (Phi) is 5.60. The molecule has 0 aliphatic heterocycles. The van der Waals surface area contributed by atoms with Crippen LogP contribution in [0, 0.1) is 5.92 Å². The van der Waals surface area contributed by atoms with Gasteiger partial charge >= 0.3 is 0 Å². The SMILES string of the molecule is CCC(NCc1ccc(Cl)cc1Cl)C(C)C. The minimum absolute atomic E-state index is 0.534. The number of benzene rings is 1. The Morgan fingerprint density at radius 1 is 1.25 bits per heavy atom. The zero-order valence-corrected chi connectivity index (χ0v) is 11.6. The van der Waals surface area contributed by atoms with E-state index >= 15 is 0 Å². The van der Waals surface area contributed by atoms with E-state index in [1.807, 2.05) is 12.1 Å². The first-order chi connectivity index (χ1) is 7.54. The van der Waals surface area contributed by atoms with E-state index in [0.29, 0.717) is 17.0 Å². The van der Waals surface area contributed by atoms with Crippen LogP contribution in [0.25, 0.3) is 0 Å². The van der Waals surface area contributed by atoms with E-state index in [-0.39, 0.29) is 0 Å². The second-order valence-corrected chi connectivity index (χ2v) is 5.22. The lowest BCUT2D eigenvalue weighted by Gasteiger charge is -2.21. The van der Waals surface area contributed by atoms with Crippen molar-refractivity contribution in [3.63, 3.8) is 0 Å². The lowest BCUT2D eigenvalue weighted by molar-refractivity contribution is 0.387. The largest absolute Gasteiger partial charge is 0.310 e. The first kappa shape index (κ1) is 13.8. The zero-order valence-electron chi connectivity index (χ0n) is 10.1. The molecule has 1 rings (SSSR count). The molecule has 0 aromatic heterocycles. The summed E-state index contributed by atoms with van der Waals surface area (Å²) in [5, 5.41) is 4.94. The highest BCUT2D eigenvalue weighted by Gasteiger charge is 2.10. The van der Waals surface area contributed by atoms with E-state index in [1.54, 1.807) is 6.07 Å². The van der Waals surface area contributed by atoms with Gasteiger partial charge in [0.25, 0.3) is 0 Å². The molecule has 0 radical (unpaired) electrons. The fourth-order valence-corrected chi connectivity index (χ4v) is 2.23. The molecule has 1 unspecified atom stereocenters. The Morgan fingerprint density at radius 3 is 2.44 bits per heavy atom. The molecule has 0 fully saturated rings. The van der Waals surface area contributed by atoms with Crippen molar-refractivity contribution in [2.45, 2.75) is 39.8 Å². The van der Waals surface area contributed by atoms with Crippen LogP contribution in [0.5, 0.6) is 0 Å². The molecule has 0 bridgehead atoms. The molecule has 90 valence electrons. The molecule has 0 saturated heterocycles. The van der Waals surface area contributed by atoms with E-state index in [2.05, 4.69) is 26.1 Å². The molecule has 0 heterocycles. The first-order valence-corrected chi connectivity index (χ1v) is 6.47. The van der Waals surface area contributed by atoms with Crippen LogP contribution >= 0.6 is 23.2 Å². The van der Waals surface area contributed by atoms with Crippen LogP contribution in [0.4, 0.5) is 0 Å². The molecule has 16 heavy (non-hydrogen) atoms. The first-order valence-electron chi connectivity index (χ1n) is 5.72. The molecule has 1 aromatic carbocycles. The Bertz CT molecular complexity index is 337. The summed E-state index contributed by atoms with van der Waals surface area (Å²) in [5.74, 6) is 0.635. The highest BCUT2D eigenvalue weighted by molar-refractivity contribution is 6.35. The van der Waals surface area contributed by atoms with E-state index in [9.17, 15) is 0 Å². The van der Waals surface area contributed by atoms with Crippen LogP contribution in [0.15, 0.2) is 18.2 Å². The monoisotopic (exact) mass is 259 g/mol. The maximum absolute atomic E-state index is 6.11. The summed E-state index contributed by atoms with van der Waals surface area (Å²) >= 11 is 12.0. The summed E-state index contributed by atoms with van der Waals surface area (Å²) < 4.78 is 0. The minimum Gasteiger partial charge on any atom is -0.310 e. The van der Waals surface area contributed by atoms with Crippen molar-refractivity contribution < 1.29 is 0 Å². The molecular weight excluding hydrogens is 241 g/mol. The van der Waals surface area contributed by atoms with Crippen LogP contribution in [0.2, 0.25) is 10.0 Å². The molecule has 1 aromatic rings. The van der Waals surface area contributed by atoms with Gasteiger partial charge in [0.1, 0.15) is 0 Å². The number of nitrogens with one attached hydrogen (secondary N) is 1. The van der Waals surface area contributed by atoms with Crippen molar-refractivity contribution in [2.24, 2.45) is 5.92 Å². The lowest BCUT2D eigenvalue weighted by Crippen LogP contribution is -2.32. The van der Waals surface area contributed by atoms with Crippen molar-refractivity contribution in [1.29, 1.82) is 0 Å². The van der Waals surface area contributed by atoms with Gasteiger partial charge < -0.3 is 5.32 Å². The molecule has 0 aliphatic rings. The van der Waals surface area contributed by atoms with E-state index < -0.39 is 0 Å². The Hall–Kier alpha value is -0.240. The van der Waals surface area contributed by atoms with E-state index in [0.717, 1.165) is 23.6 Å². The van der Waals surface area contributed by atoms with Crippen molar-refractivity contribution in [1.82, 2.24) is 5.32 Å². The highest BCUT2D eigenvalue weighted by Crippen LogP contribution is 2.21. The maximum Gasteiger partial charge on any atom is 0.0465 e. The Morgan fingerprint density at radius 2 is 1.94 bits per heavy atom. The molecule has 0 aliphatic carbocycles. The molecule has 1 nitrogen and oxygen atoms in total. The van der Waals surface area contributed by atoms with Gasteiger partial charge in [-0.3, -0.25) is 0 Å². The Balaban J connectivity index is 2.60. The predicted octanol–water partition coefficient (Wildman–Crippen LogP) is 4.52. The number of hydrogen-bond donors (Lipinski definition) is 1. The molecule has 0 saturated carbocycles. The lowest BCUT2D eigenvalue weighted by atomic mass is 10.0. The van der Waals surface area contributed by atoms with E-state index in [1.165, 1.54) is 0 Å². The average Bonchev–Trinajstić information content (AvgIpc) is 2.21. The van der Waals surface area contributed by atoms with Crippen LogP contribution < -0.4 is 5.32 Å². The second kappa shape index (κ2) is 6.48. The van der Waals surface area contributed by atoms with Gasteiger partial charge in [-0.15, -0.1) is 0 Å². The molecule has 0 spiro atoms. The fraction of sp³-hybridized carbons (Fsp3) is 0.538. The van der Waals surface area contributed by atoms with E-state index in [4.69, 9.17) is 23.2 Å². The molecule has 0 amide bonds. The number of hydrogen-bond acceptors (Lipinski definition) is 1. The molecule has 1 atom stereocenters. The van der Waals surface area contributed by atoms with Gasteiger partial charge in [0.15, 0.2) is 0 Å². The van der Waals surface area contributed by atoms with Crippen molar-refractivity contribution in [3.8, 4) is 0 Å². The molecule has 1 N–H and O–H groups in total. The summed E-state index contributed by atoms with van der Waals surface area (Å²) in [4.78, 5) is 0. The van der Waals surface area contributed by atoms with Gasteiger partial charge in [-0.1, -0.05) is 50.0 Å². The third-order valence-electron chi connectivity index (χ3n) is 2.81. The summed E-state index contributed by atoms with van der Waals surface area (Å²) in [6.45, 7) is 7.45. The van der Waals surface area contributed by atoms with Gasteiger partial charge in [-0.2, -0.15) is 0 Å². The standard InChI is InChI=1S/C13H19Cl2N/c1-4-13(9(2)3)16-8-10-5-6-11(14)7-12(10)15/h5-7,9,13,16H,4,8H2,1-3H3. The van der Waals surface area contributed by atoms with Crippen LogP contribution in [-0.4, -0.2) is 6.04 Å². The molecular formula is C13H19Cl2N. The number of rotatable bonds is 5. The third-order valence-corrected chi connectivity index (χ3v) is 3.40. The maximum atomic E-state index is 6.11. The smallest absolute Gasteiger partial charge is 0.0465 e. The van der Waals surface area contributed by atoms with Gasteiger partial charge in [0.05, 0.1) is 0 Å². The van der Waals surface area contributed by atoms with Gasteiger partial charge in [0, 0.05) is 22.6 Å². The van der Waals surface area contributed by atoms with Crippen LogP contribution in [-0.2, 0) is 6.54 Å².